The number of piperazine rings is 1. The van der Waals surface area contributed by atoms with Crippen molar-refractivity contribution < 1.29 is 14.3 Å². The molecular weight excluding hydrogens is 470 g/mol. The molecule has 1 N–H and O–H groups in total. The first-order valence-corrected chi connectivity index (χ1v) is 13.9. The summed E-state index contributed by atoms with van der Waals surface area (Å²) in [5.74, 6) is 0.667. The van der Waals surface area contributed by atoms with Crippen molar-refractivity contribution in [2.75, 3.05) is 13.1 Å². The molecule has 7 heteroatoms. The van der Waals surface area contributed by atoms with Gasteiger partial charge < -0.3 is 15.0 Å². The van der Waals surface area contributed by atoms with Gasteiger partial charge in [-0.15, -0.1) is 0 Å². The van der Waals surface area contributed by atoms with E-state index >= 15 is 0 Å². The molecule has 180 valence electrons. The van der Waals surface area contributed by atoms with Gasteiger partial charge in [0.05, 0.1) is 18.2 Å². The first-order chi connectivity index (χ1) is 15.3. The molecule has 2 saturated carbocycles. The van der Waals surface area contributed by atoms with Crippen LogP contribution in [0.25, 0.3) is 0 Å². The quantitative estimate of drug-likeness (QED) is 0.588. The van der Waals surface area contributed by atoms with Crippen LogP contribution in [0.5, 0.6) is 0 Å². The first-order valence-electron chi connectivity index (χ1n) is 13.0. The van der Waals surface area contributed by atoms with Gasteiger partial charge in [-0.2, -0.15) is 0 Å². The SMILES string of the molecule is CC1CC2C(CC3C(=O)N(CC4CCCC(Br)C4)C(C)(C(=O)NC4CCCCC4)CN32)O1. The van der Waals surface area contributed by atoms with Crippen LogP contribution in [0.3, 0.4) is 0 Å². The lowest BCUT2D eigenvalue weighted by molar-refractivity contribution is -0.162. The van der Waals surface area contributed by atoms with Gasteiger partial charge in [0.2, 0.25) is 11.8 Å². The zero-order valence-corrected chi connectivity index (χ0v) is 21.3. The molecule has 3 aliphatic heterocycles. The molecule has 0 aromatic heterocycles. The van der Waals surface area contributed by atoms with E-state index in [1.165, 1.54) is 32.1 Å². The molecule has 32 heavy (non-hydrogen) atoms. The fourth-order valence-electron chi connectivity index (χ4n) is 7.14. The molecule has 0 spiro atoms. The number of carbonyl (C=O) groups is 2. The van der Waals surface area contributed by atoms with Crippen LogP contribution in [0.1, 0.15) is 84.5 Å². The molecule has 0 aromatic rings. The van der Waals surface area contributed by atoms with E-state index in [4.69, 9.17) is 4.74 Å². The van der Waals surface area contributed by atoms with E-state index in [1.54, 1.807) is 0 Å². The molecule has 5 rings (SSSR count). The van der Waals surface area contributed by atoms with Gasteiger partial charge in [0, 0.05) is 30.0 Å². The molecule has 7 unspecified atom stereocenters. The van der Waals surface area contributed by atoms with E-state index in [0.717, 1.165) is 38.5 Å². The molecule has 2 aliphatic carbocycles. The summed E-state index contributed by atoms with van der Waals surface area (Å²) in [6.45, 7) is 5.48. The number of fused-ring (bicyclic) bond motifs is 3. The minimum atomic E-state index is -0.814. The molecular formula is C25H40BrN3O3. The highest BCUT2D eigenvalue weighted by atomic mass is 79.9. The number of ether oxygens (including phenoxy) is 1. The smallest absolute Gasteiger partial charge is 0.247 e. The molecule has 6 nitrogen and oxygen atoms in total. The van der Waals surface area contributed by atoms with Crippen LogP contribution in [0.2, 0.25) is 0 Å². The van der Waals surface area contributed by atoms with Crippen LogP contribution in [0.4, 0.5) is 0 Å². The third-order valence-corrected chi connectivity index (χ3v) is 9.75. The maximum atomic E-state index is 13.9. The van der Waals surface area contributed by atoms with Crippen LogP contribution in [-0.4, -0.2) is 75.4 Å². The number of amides is 2. The Balaban J connectivity index is 1.39. The van der Waals surface area contributed by atoms with Crippen molar-refractivity contribution in [3.05, 3.63) is 0 Å². The molecule has 5 fully saturated rings. The lowest BCUT2D eigenvalue weighted by atomic mass is 9.84. The van der Waals surface area contributed by atoms with Crippen LogP contribution in [0, 0.1) is 5.92 Å². The zero-order valence-electron chi connectivity index (χ0n) is 19.7. The highest BCUT2D eigenvalue weighted by Crippen LogP contribution is 2.43. The number of halogens is 1. The Hall–Kier alpha value is -0.660. The molecule has 7 atom stereocenters. The number of hydrogen-bond donors (Lipinski definition) is 1. The van der Waals surface area contributed by atoms with Crippen molar-refractivity contribution in [2.45, 2.75) is 125 Å². The summed E-state index contributed by atoms with van der Waals surface area (Å²) in [6, 6.07) is 0.395. The predicted molar refractivity (Wildman–Crippen MR) is 128 cm³/mol. The summed E-state index contributed by atoms with van der Waals surface area (Å²) in [5, 5.41) is 3.37. The highest BCUT2D eigenvalue weighted by Gasteiger charge is 2.59. The Morgan fingerprint density at radius 3 is 2.66 bits per heavy atom. The predicted octanol–water partition coefficient (Wildman–Crippen LogP) is 3.61. The van der Waals surface area contributed by atoms with Crippen molar-refractivity contribution in [2.24, 2.45) is 5.92 Å². The zero-order chi connectivity index (χ0) is 22.5. The van der Waals surface area contributed by atoms with Gasteiger partial charge in [-0.1, -0.05) is 41.6 Å². The minimum absolute atomic E-state index is 0.0535. The number of alkyl halides is 1. The summed E-state index contributed by atoms with van der Waals surface area (Å²) >= 11 is 3.81. The lowest BCUT2D eigenvalue weighted by Crippen LogP contribution is -2.72. The van der Waals surface area contributed by atoms with E-state index in [-0.39, 0.29) is 42.1 Å². The number of hydrogen-bond acceptors (Lipinski definition) is 4. The van der Waals surface area contributed by atoms with Crippen molar-refractivity contribution in [3.63, 3.8) is 0 Å². The maximum absolute atomic E-state index is 13.9. The second kappa shape index (κ2) is 9.18. The molecule has 3 saturated heterocycles. The fourth-order valence-corrected chi connectivity index (χ4v) is 7.99. The molecule has 0 radical (unpaired) electrons. The average molecular weight is 511 g/mol. The molecule has 2 amide bonds. The fraction of sp³-hybridized carbons (Fsp3) is 0.920. The minimum Gasteiger partial charge on any atom is -0.374 e. The summed E-state index contributed by atoms with van der Waals surface area (Å²) in [7, 11) is 0. The molecule has 3 heterocycles. The molecule has 5 aliphatic rings. The van der Waals surface area contributed by atoms with Crippen LogP contribution >= 0.6 is 15.9 Å². The van der Waals surface area contributed by atoms with Gasteiger partial charge in [0.25, 0.3) is 0 Å². The number of nitrogens with one attached hydrogen (secondary N) is 1. The van der Waals surface area contributed by atoms with Gasteiger partial charge in [0.1, 0.15) is 5.54 Å². The van der Waals surface area contributed by atoms with E-state index in [1.807, 2.05) is 11.8 Å². The third-order valence-electron chi connectivity index (χ3n) is 8.92. The first kappa shape index (κ1) is 23.1. The van der Waals surface area contributed by atoms with E-state index in [0.29, 0.717) is 23.8 Å². The van der Waals surface area contributed by atoms with Gasteiger partial charge in [-0.3, -0.25) is 14.5 Å². The summed E-state index contributed by atoms with van der Waals surface area (Å²) in [6.07, 6.45) is 12.5. The number of rotatable bonds is 4. The molecule has 0 aromatic carbocycles. The topological polar surface area (TPSA) is 61.9 Å². The Morgan fingerprint density at radius 2 is 1.91 bits per heavy atom. The largest absolute Gasteiger partial charge is 0.374 e. The van der Waals surface area contributed by atoms with E-state index < -0.39 is 5.54 Å². The second-order valence-electron chi connectivity index (χ2n) is 11.4. The summed E-state index contributed by atoms with van der Waals surface area (Å²) < 4.78 is 6.16. The van der Waals surface area contributed by atoms with Gasteiger partial charge >= 0.3 is 0 Å². The third kappa shape index (κ3) is 4.26. The maximum Gasteiger partial charge on any atom is 0.247 e. The lowest BCUT2D eigenvalue weighted by Gasteiger charge is -2.51. The highest BCUT2D eigenvalue weighted by molar-refractivity contribution is 9.09. The monoisotopic (exact) mass is 509 g/mol. The Labute approximate surface area is 201 Å². The normalized spacial score (nSPS) is 43.2. The van der Waals surface area contributed by atoms with Crippen molar-refractivity contribution in [3.8, 4) is 0 Å². The summed E-state index contributed by atoms with van der Waals surface area (Å²) in [4.78, 5) is 32.6. The number of nitrogens with zero attached hydrogens (tertiary/aromatic N) is 2. The Kier molecular flexibility index (Phi) is 6.63. The van der Waals surface area contributed by atoms with E-state index in [9.17, 15) is 9.59 Å². The van der Waals surface area contributed by atoms with Gasteiger partial charge in [-0.25, -0.2) is 0 Å². The van der Waals surface area contributed by atoms with Crippen LogP contribution < -0.4 is 5.32 Å². The standard InChI is InChI=1S/C25H40BrN3O3/c1-16-11-20-22(32-16)13-21-23(30)29(14-17-7-6-8-18(26)12-17)25(2,15-28(20)21)24(31)27-19-9-4-3-5-10-19/h16-22H,3-15H2,1-2H3,(H,27,31). The molecule has 0 bridgehead atoms. The van der Waals surface area contributed by atoms with Gasteiger partial charge in [0.15, 0.2) is 0 Å². The van der Waals surface area contributed by atoms with Crippen molar-refractivity contribution >= 4 is 27.7 Å². The average Bonchev–Trinajstić information content (AvgIpc) is 3.28. The number of carbonyl (C=O) groups excluding carboxylic acids is 2. The van der Waals surface area contributed by atoms with Crippen LogP contribution in [0.15, 0.2) is 0 Å². The van der Waals surface area contributed by atoms with Gasteiger partial charge in [-0.05, 0) is 64.7 Å². The Bertz CT molecular complexity index is 729. The van der Waals surface area contributed by atoms with E-state index in [2.05, 4.69) is 33.1 Å². The second-order valence-corrected chi connectivity index (χ2v) is 12.7. The van der Waals surface area contributed by atoms with Crippen molar-refractivity contribution in [1.82, 2.24) is 15.1 Å². The summed E-state index contributed by atoms with van der Waals surface area (Å²) in [5.41, 5.74) is -0.814. The van der Waals surface area contributed by atoms with Crippen LogP contribution in [-0.2, 0) is 14.3 Å². The Morgan fingerprint density at radius 1 is 1.12 bits per heavy atom. The van der Waals surface area contributed by atoms with Crippen molar-refractivity contribution in [1.29, 1.82) is 0 Å².